The summed E-state index contributed by atoms with van der Waals surface area (Å²) in [6.45, 7) is 0. The first-order chi connectivity index (χ1) is 9.72. The van der Waals surface area contributed by atoms with Crippen LogP contribution in [-0.4, -0.2) is 25.3 Å². The highest BCUT2D eigenvalue weighted by atomic mass is 16.1. The summed E-state index contributed by atoms with van der Waals surface area (Å²) in [5.41, 5.74) is 2.45. The van der Waals surface area contributed by atoms with Gasteiger partial charge in [0.25, 0.3) is 0 Å². The Labute approximate surface area is 116 Å². The van der Waals surface area contributed by atoms with Gasteiger partial charge >= 0.3 is 0 Å². The number of benzene rings is 1. The van der Waals surface area contributed by atoms with Crippen LogP contribution in [0.3, 0.4) is 0 Å². The lowest BCUT2D eigenvalue weighted by Gasteiger charge is -1.99. The van der Waals surface area contributed by atoms with Gasteiger partial charge in [0.05, 0.1) is 23.6 Å². The number of nitrogens with zero attached hydrogens (tertiary/aromatic N) is 4. The van der Waals surface area contributed by atoms with Crippen molar-refractivity contribution in [1.29, 1.82) is 0 Å². The number of rotatable bonds is 4. The summed E-state index contributed by atoms with van der Waals surface area (Å²) in [6.07, 6.45) is 7.26. The quantitative estimate of drug-likeness (QED) is 0.679. The Balaban J connectivity index is 1.78. The topological polar surface area (TPSA) is 52.7 Å². The van der Waals surface area contributed by atoms with E-state index in [4.69, 9.17) is 0 Å². The molecule has 0 bridgehead atoms. The van der Waals surface area contributed by atoms with Crippen molar-refractivity contribution in [3.05, 3.63) is 66.2 Å². The van der Waals surface area contributed by atoms with Crippen LogP contribution in [0.25, 0.3) is 5.69 Å². The second-order valence-electron chi connectivity index (χ2n) is 4.63. The van der Waals surface area contributed by atoms with E-state index in [1.165, 1.54) is 0 Å². The number of ketones is 1. The van der Waals surface area contributed by atoms with Crippen molar-refractivity contribution < 1.29 is 4.79 Å². The van der Waals surface area contributed by atoms with E-state index in [0.717, 1.165) is 11.3 Å². The van der Waals surface area contributed by atoms with Crippen LogP contribution < -0.4 is 0 Å². The Morgan fingerprint density at radius 1 is 1.10 bits per heavy atom. The van der Waals surface area contributed by atoms with Gasteiger partial charge in [0.1, 0.15) is 0 Å². The minimum absolute atomic E-state index is 0.0418. The molecule has 3 rings (SSSR count). The van der Waals surface area contributed by atoms with Crippen LogP contribution in [-0.2, 0) is 13.5 Å². The number of Topliss-reactive ketones (excluding diaryl/α,β-unsaturated/α-hetero) is 1. The molecule has 100 valence electrons. The second-order valence-corrected chi connectivity index (χ2v) is 4.63. The van der Waals surface area contributed by atoms with Crippen molar-refractivity contribution in [2.75, 3.05) is 0 Å². The maximum atomic E-state index is 12.2. The molecule has 3 aromatic rings. The van der Waals surface area contributed by atoms with Crippen LogP contribution in [0.5, 0.6) is 0 Å². The SMILES string of the molecule is Cn1cc(CC(=O)c2cnn(-c3ccccc3)c2)cn1. The third-order valence-electron chi connectivity index (χ3n) is 3.05. The summed E-state index contributed by atoms with van der Waals surface area (Å²) in [5.74, 6) is 0.0418. The molecule has 2 heterocycles. The molecule has 1 aromatic carbocycles. The molecule has 0 saturated heterocycles. The maximum absolute atomic E-state index is 12.2. The van der Waals surface area contributed by atoms with E-state index in [0.29, 0.717) is 12.0 Å². The van der Waals surface area contributed by atoms with Gasteiger partial charge in [0.15, 0.2) is 5.78 Å². The highest BCUT2D eigenvalue weighted by Crippen LogP contribution is 2.10. The average molecular weight is 266 g/mol. The van der Waals surface area contributed by atoms with Crippen molar-refractivity contribution in [2.45, 2.75) is 6.42 Å². The van der Waals surface area contributed by atoms with Crippen molar-refractivity contribution in [2.24, 2.45) is 7.05 Å². The maximum Gasteiger partial charge on any atom is 0.170 e. The summed E-state index contributed by atoms with van der Waals surface area (Å²) < 4.78 is 3.40. The van der Waals surface area contributed by atoms with E-state index in [2.05, 4.69) is 10.2 Å². The third-order valence-corrected chi connectivity index (χ3v) is 3.05. The molecular formula is C15H14N4O. The van der Waals surface area contributed by atoms with Gasteiger partial charge in [-0.2, -0.15) is 10.2 Å². The molecule has 0 amide bonds. The number of carbonyl (C=O) groups excluding carboxylic acids is 1. The van der Waals surface area contributed by atoms with Crippen molar-refractivity contribution >= 4 is 5.78 Å². The summed E-state index contributed by atoms with van der Waals surface area (Å²) >= 11 is 0. The number of carbonyl (C=O) groups is 1. The number of hydrogen-bond donors (Lipinski definition) is 0. The Hall–Kier alpha value is -2.69. The van der Waals surface area contributed by atoms with E-state index in [1.54, 1.807) is 28.0 Å². The summed E-state index contributed by atoms with van der Waals surface area (Å²) in [7, 11) is 1.83. The van der Waals surface area contributed by atoms with Gasteiger partial charge in [-0.25, -0.2) is 4.68 Å². The van der Waals surface area contributed by atoms with Gasteiger partial charge in [0.2, 0.25) is 0 Å². The Morgan fingerprint density at radius 2 is 1.90 bits per heavy atom. The molecule has 0 aliphatic heterocycles. The molecule has 0 aliphatic rings. The minimum atomic E-state index is 0.0418. The second kappa shape index (κ2) is 5.13. The predicted molar refractivity (Wildman–Crippen MR) is 74.8 cm³/mol. The fourth-order valence-electron chi connectivity index (χ4n) is 2.04. The Morgan fingerprint density at radius 3 is 2.60 bits per heavy atom. The summed E-state index contributed by atoms with van der Waals surface area (Å²) in [4.78, 5) is 12.2. The largest absolute Gasteiger partial charge is 0.294 e. The summed E-state index contributed by atoms with van der Waals surface area (Å²) in [5, 5.41) is 8.29. The van der Waals surface area contributed by atoms with Crippen LogP contribution in [0.15, 0.2) is 55.1 Å². The monoisotopic (exact) mass is 266 g/mol. The molecule has 5 nitrogen and oxygen atoms in total. The lowest BCUT2D eigenvalue weighted by molar-refractivity contribution is 0.0993. The standard InChI is InChI=1S/C15H14N4O/c1-18-10-12(8-16-18)7-15(20)13-9-17-19(11-13)14-5-3-2-4-6-14/h2-6,8-11H,7H2,1H3. The van der Waals surface area contributed by atoms with Crippen molar-refractivity contribution in [3.63, 3.8) is 0 Å². The molecule has 0 saturated carbocycles. The van der Waals surface area contributed by atoms with Gasteiger partial charge in [-0.15, -0.1) is 0 Å². The van der Waals surface area contributed by atoms with Gasteiger partial charge in [-0.3, -0.25) is 9.48 Å². The Kier molecular flexibility index (Phi) is 3.16. The van der Waals surface area contributed by atoms with E-state index < -0.39 is 0 Å². The molecule has 0 aliphatic carbocycles. The van der Waals surface area contributed by atoms with Crippen molar-refractivity contribution in [3.8, 4) is 5.69 Å². The first-order valence-corrected chi connectivity index (χ1v) is 6.33. The number of hydrogen-bond acceptors (Lipinski definition) is 3. The average Bonchev–Trinajstić information content (AvgIpc) is 3.09. The van der Waals surface area contributed by atoms with Gasteiger partial charge in [-0.05, 0) is 17.7 Å². The fourth-order valence-corrected chi connectivity index (χ4v) is 2.04. The Bertz CT molecular complexity index is 727. The molecule has 0 radical (unpaired) electrons. The molecule has 2 aromatic heterocycles. The lowest BCUT2D eigenvalue weighted by atomic mass is 10.1. The van der Waals surface area contributed by atoms with E-state index in [9.17, 15) is 4.79 Å². The predicted octanol–water partition coefficient (Wildman–Crippen LogP) is 2.03. The van der Waals surface area contributed by atoms with Crippen LogP contribution in [0, 0.1) is 0 Å². The number of aryl methyl sites for hydroxylation is 1. The molecular weight excluding hydrogens is 252 g/mol. The van der Waals surface area contributed by atoms with Crippen molar-refractivity contribution in [1.82, 2.24) is 19.6 Å². The van der Waals surface area contributed by atoms with E-state index >= 15 is 0 Å². The zero-order chi connectivity index (χ0) is 13.9. The highest BCUT2D eigenvalue weighted by Gasteiger charge is 2.11. The molecule has 0 unspecified atom stereocenters. The van der Waals surface area contributed by atoms with E-state index in [-0.39, 0.29) is 5.78 Å². The van der Waals surface area contributed by atoms with Crippen LogP contribution >= 0.6 is 0 Å². The van der Waals surface area contributed by atoms with Crippen LogP contribution in [0.1, 0.15) is 15.9 Å². The minimum Gasteiger partial charge on any atom is -0.294 e. The van der Waals surface area contributed by atoms with Crippen LogP contribution in [0.2, 0.25) is 0 Å². The molecule has 0 N–H and O–H groups in total. The zero-order valence-electron chi connectivity index (χ0n) is 11.1. The zero-order valence-corrected chi connectivity index (χ0v) is 11.1. The molecule has 5 heteroatoms. The first-order valence-electron chi connectivity index (χ1n) is 6.33. The smallest absolute Gasteiger partial charge is 0.170 e. The molecule has 20 heavy (non-hydrogen) atoms. The van der Waals surface area contributed by atoms with Gasteiger partial charge < -0.3 is 0 Å². The van der Waals surface area contributed by atoms with E-state index in [1.807, 2.05) is 43.6 Å². The normalized spacial score (nSPS) is 10.7. The number of aromatic nitrogens is 4. The molecule has 0 atom stereocenters. The summed E-state index contributed by atoms with van der Waals surface area (Å²) in [6, 6.07) is 9.72. The van der Waals surface area contributed by atoms with Gasteiger partial charge in [-0.1, -0.05) is 18.2 Å². The van der Waals surface area contributed by atoms with Crippen LogP contribution in [0.4, 0.5) is 0 Å². The highest BCUT2D eigenvalue weighted by molar-refractivity contribution is 5.97. The number of para-hydroxylation sites is 1. The van der Waals surface area contributed by atoms with Gasteiger partial charge in [0, 0.05) is 25.9 Å². The fraction of sp³-hybridized carbons (Fsp3) is 0.133. The molecule has 0 fully saturated rings. The first kappa shape index (κ1) is 12.3. The third kappa shape index (κ3) is 2.51. The lowest BCUT2D eigenvalue weighted by Crippen LogP contribution is -2.01. The molecule has 0 spiro atoms.